The van der Waals surface area contributed by atoms with Crippen LogP contribution in [0, 0.1) is 6.92 Å². The third-order valence-electron chi connectivity index (χ3n) is 4.81. The summed E-state index contributed by atoms with van der Waals surface area (Å²) in [7, 11) is 1.53. The molecule has 0 saturated carbocycles. The van der Waals surface area contributed by atoms with Gasteiger partial charge < -0.3 is 10.1 Å². The molecule has 32 heavy (non-hydrogen) atoms. The molecule has 5 aromatic rings. The number of pyridine rings is 3. The Morgan fingerprint density at radius 3 is 2.78 bits per heavy atom. The second-order valence-electron chi connectivity index (χ2n) is 6.99. The zero-order chi connectivity index (χ0) is 22.1. The van der Waals surface area contributed by atoms with Crippen molar-refractivity contribution in [2.24, 2.45) is 0 Å². The Balaban J connectivity index is 1.56. The first kappa shape index (κ1) is 19.4. The topological polar surface area (TPSA) is 112 Å². The van der Waals surface area contributed by atoms with E-state index in [2.05, 4.69) is 30.5 Å². The van der Waals surface area contributed by atoms with Crippen molar-refractivity contribution in [3.63, 3.8) is 0 Å². The number of carbonyl (C=O) groups is 1. The molecule has 1 N–H and O–H groups in total. The monoisotopic (exact) mass is 426 g/mol. The number of anilines is 1. The molecule has 158 valence electrons. The van der Waals surface area contributed by atoms with Gasteiger partial charge in [0.05, 0.1) is 24.7 Å². The molecule has 0 saturated heterocycles. The Bertz CT molecular complexity index is 1420. The Morgan fingerprint density at radius 1 is 1.09 bits per heavy atom. The summed E-state index contributed by atoms with van der Waals surface area (Å²) in [5.41, 5.74) is 3.83. The van der Waals surface area contributed by atoms with Crippen molar-refractivity contribution in [2.45, 2.75) is 6.92 Å². The maximum Gasteiger partial charge on any atom is 0.276 e. The Morgan fingerprint density at radius 2 is 2.00 bits per heavy atom. The van der Waals surface area contributed by atoms with Gasteiger partial charge in [-0.05, 0) is 43.3 Å². The van der Waals surface area contributed by atoms with Gasteiger partial charge in [-0.3, -0.25) is 4.79 Å². The van der Waals surface area contributed by atoms with Gasteiger partial charge >= 0.3 is 0 Å². The molecule has 0 aliphatic heterocycles. The van der Waals surface area contributed by atoms with E-state index in [1.165, 1.54) is 19.6 Å². The van der Waals surface area contributed by atoms with Crippen LogP contribution in [0.25, 0.3) is 22.7 Å². The average Bonchev–Trinajstić information content (AvgIpc) is 3.46. The molecule has 1 amide bonds. The highest BCUT2D eigenvalue weighted by Gasteiger charge is 2.18. The molecule has 0 aromatic carbocycles. The number of aryl methyl sites for hydroxylation is 1. The maximum atomic E-state index is 12.9. The summed E-state index contributed by atoms with van der Waals surface area (Å²) >= 11 is 0. The van der Waals surface area contributed by atoms with Crippen LogP contribution in [0.1, 0.15) is 16.2 Å². The summed E-state index contributed by atoms with van der Waals surface area (Å²) in [6.07, 6.45) is 4.84. The molecular weight excluding hydrogens is 408 g/mol. The van der Waals surface area contributed by atoms with E-state index >= 15 is 0 Å². The van der Waals surface area contributed by atoms with Gasteiger partial charge in [0.2, 0.25) is 5.88 Å². The fourth-order valence-corrected chi connectivity index (χ4v) is 3.26. The van der Waals surface area contributed by atoms with Gasteiger partial charge in [-0.2, -0.15) is 10.2 Å². The molecule has 10 nitrogen and oxygen atoms in total. The second-order valence-corrected chi connectivity index (χ2v) is 6.99. The molecule has 5 heterocycles. The molecule has 10 heteroatoms. The van der Waals surface area contributed by atoms with Gasteiger partial charge in [-0.1, -0.05) is 6.07 Å². The van der Waals surface area contributed by atoms with Crippen molar-refractivity contribution in [1.29, 1.82) is 0 Å². The number of nitrogens with one attached hydrogen (secondary N) is 1. The standard InChI is InChI=1S/C22H18N8O2/c1-14-4-3-5-20(26-14)30-18(15-6-8-19-24-13-25-29(19)12-15)10-17(28-30)22(31)27-16-7-9-21(32-2)23-11-16/h3-13H,1-2H3,(H,27,31). The average molecular weight is 426 g/mol. The fraction of sp³-hybridized carbons (Fsp3) is 0.0909. The molecule has 0 bridgehead atoms. The van der Waals surface area contributed by atoms with Crippen molar-refractivity contribution in [2.75, 3.05) is 12.4 Å². The highest BCUT2D eigenvalue weighted by molar-refractivity contribution is 6.03. The largest absolute Gasteiger partial charge is 0.481 e. The Labute approximate surface area is 182 Å². The van der Waals surface area contributed by atoms with Crippen molar-refractivity contribution >= 4 is 17.2 Å². The van der Waals surface area contributed by atoms with Crippen LogP contribution in [0.4, 0.5) is 5.69 Å². The van der Waals surface area contributed by atoms with Gasteiger partial charge in [0.1, 0.15) is 6.33 Å². The summed E-state index contributed by atoms with van der Waals surface area (Å²) in [6.45, 7) is 1.90. The van der Waals surface area contributed by atoms with Crippen LogP contribution >= 0.6 is 0 Å². The number of aromatic nitrogens is 7. The van der Waals surface area contributed by atoms with Crippen LogP contribution < -0.4 is 10.1 Å². The van der Waals surface area contributed by atoms with E-state index in [0.29, 0.717) is 23.1 Å². The third kappa shape index (κ3) is 3.65. The minimum Gasteiger partial charge on any atom is -0.481 e. The van der Waals surface area contributed by atoms with Crippen LogP contribution in [-0.2, 0) is 0 Å². The SMILES string of the molecule is COc1ccc(NC(=O)c2cc(-c3ccc4ncnn4c3)n(-c3cccc(C)n3)n2)cn1. The molecule has 0 radical (unpaired) electrons. The number of fused-ring (bicyclic) bond motifs is 1. The number of methoxy groups -OCH3 is 1. The quantitative estimate of drug-likeness (QED) is 0.460. The molecule has 5 rings (SSSR count). The molecule has 0 unspecified atom stereocenters. The third-order valence-corrected chi connectivity index (χ3v) is 4.81. The fourth-order valence-electron chi connectivity index (χ4n) is 3.26. The zero-order valence-corrected chi connectivity index (χ0v) is 17.3. The van der Waals surface area contributed by atoms with Gasteiger partial charge in [-0.25, -0.2) is 24.1 Å². The summed E-state index contributed by atoms with van der Waals surface area (Å²) in [6, 6.07) is 14.5. The van der Waals surface area contributed by atoms with Crippen LogP contribution in [0.15, 0.2) is 67.3 Å². The van der Waals surface area contributed by atoms with E-state index in [0.717, 1.165) is 16.9 Å². The van der Waals surface area contributed by atoms with Crippen molar-refractivity contribution in [3.05, 3.63) is 78.6 Å². The predicted octanol–water partition coefficient (Wildman–Crippen LogP) is 2.94. The van der Waals surface area contributed by atoms with E-state index in [-0.39, 0.29) is 11.6 Å². The predicted molar refractivity (Wildman–Crippen MR) is 117 cm³/mol. The van der Waals surface area contributed by atoms with Crippen molar-refractivity contribution in [3.8, 4) is 23.0 Å². The first-order valence-corrected chi connectivity index (χ1v) is 9.76. The van der Waals surface area contributed by atoms with Crippen LogP contribution in [0.3, 0.4) is 0 Å². The number of nitrogens with zero attached hydrogens (tertiary/aromatic N) is 7. The lowest BCUT2D eigenvalue weighted by molar-refractivity contribution is 0.102. The smallest absolute Gasteiger partial charge is 0.276 e. The number of hydrogen-bond donors (Lipinski definition) is 1. The van der Waals surface area contributed by atoms with Gasteiger partial charge in [0.25, 0.3) is 5.91 Å². The van der Waals surface area contributed by atoms with Crippen LogP contribution in [-0.4, -0.2) is 47.4 Å². The van der Waals surface area contributed by atoms with Gasteiger partial charge in [0.15, 0.2) is 17.2 Å². The second kappa shape index (κ2) is 7.91. The number of ether oxygens (including phenoxy) is 1. The van der Waals surface area contributed by atoms with Crippen molar-refractivity contribution in [1.82, 2.24) is 34.3 Å². The van der Waals surface area contributed by atoms with Crippen LogP contribution in [0.5, 0.6) is 5.88 Å². The van der Waals surface area contributed by atoms with Crippen molar-refractivity contribution < 1.29 is 9.53 Å². The van der Waals surface area contributed by atoms with E-state index in [1.807, 2.05) is 43.5 Å². The van der Waals surface area contributed by atoms with Gasteiger partial charge in [0, 0.05) is 23.5 Å². The molecule has 0 aliphatic rings. The van der Waals surface area contributed by atoms with Gasteiger partial charge in [-0.15, -0.1) is 0 Å². The molecule has 0 fully saturated rings. The Kier molecular flexibility index (Phi) is 4.79. The summed E-state index contributed by atoms with van der Waals surface area (Å²) in [4.78, 5) is 25.8. The summed E-state index contributed by atoms with van der Waals surface area (Å²) in [5.74, 6) is 0.693. The lowest BCUT2D eigenvalue weighted by atomic mass is 10.2. The van der Waals surface area contributed by atoms with E-state index in [9.17, 15) is 4.79 Å². The molecule has 0 spiro atoms. The minimum absolute atomic E-state index is 0.234. The minimum atomic E-state index is -0.369. The van der Waals surface area contributed by atoms with E-state index in [1.54, 1.807) is 27.4 Å². The number of amides is 1. The summed E-state index contributed by atoms with van der Waals surface area (Å²) in [5, 5.41) is 11.6. The number of carbonyl (C=O) groups excluding carboxylic acids is 1. The number of rotatable bonds is 5. The molecule has 0 aliphatic carbocycles. The van der Waals surface area contributed by atoms with E-state index in [4.69, 9.17) is 4.74 Å². The summed E-state index contributed by atoms with van der Waals surface area (Å²) < 4.78 is 8.36. The molecule has 0 atom stereocenters. The zero-order valence-electron chi connectivity index (χ0n) is 17.3. The van der Waals surface area contributed by atoms with Crippen LogP contribution in [0.2, 0.25) is 0 Å². The molecule has 5 aromatic heterocycles. The highest BCUT2D eigenvalue weighted by atomic mass is 16.5. The molecular formula is C22H18N8O2. The normalized spacial score (nSPS) is 10.9. The highest BCUT2D eigenvalue weighted by Crippen LogP contribution is 2.24. The first-order chi connectivity index (χ1) is 15.6. The Hall–Kier alpha value is -4.60. The first-order valence-electron chi connectivity index (χ1n) is 9.76. The van der Waals surface area contributed by atoms with E-state index < -0.39 is 0 Å². The lowest BCUT2D eigenvalue weighted by Gasteiger charge is -2.07. The maximum absolute atomic E-state index is 12.9. The number of hydrogen-bond acceptors (Lipinski definition) is 7. The lowest BCUT2D eigenvalue weighted by Crippen LogP contribution is -2.13.